The molecule has 1 heterocycles. The Morgan fingerprint density at radius 3 is 2.78 bits per heavy atom. The summed E-state index contributed by atoms with van der Waals surface area (Å²) < 4.78 is 13.4. The summed E-state index contributed by atoms with van der Waals surface area (Å²) in [5.74, 6) is 0.271. The van der Waals surface area contributed by atoms with E-state index in [4.69, 9.17) is 11.6 Å². The predicted molar refractivity (Wildman–Crippen MR) is 74.8 cm³/mol. The van der Waals surface area contributed by atoms with E-state index in [9.17, 15) is 4.39 Å². The molecule has 3 atom stereocenters. The highest BCUT2D eigenvalue weighted by Crippen LogP contribution is 2.33. The smallest absolute Gasteiger partial charge is 0.125 e. The molecule has 0 amide bonds. The van der Waals surface area contributed by atoms with E-state index in [1.807, 2.05) is 7.05 Å². The third kappa shape index (κ3) is 2.47. The second kappa shape index (κ2) is 5.45. The van der Waals surface area contributed by atoms with Gasteiger partial charge in [-0.1, -0.05) is 18.5 Å². The number of anilines is 1. The molecule has 1 N–H and O–H groups in total. The Morgan fingerprint density at radius 1 is 1.39 bits per heavy atom. The van der Waals surface area contributed by atoms with E-state index in [0.29, 0.717) is 23.0 Å². The van der Waals surface area contributed by atoms with Crippen LogP contribution in [0, 0.1) is 11.7 Å². The molecule has 1 aliphatic heterocycles. The van der Waals surface area contributed by atoms with Gasteiger partial charge in [0.1, 0.15) is 5.82 Å². The van der Waals surface area contributed by atoms with E-state index in [-0.39, 0.29) is 5.82 Å². The zero-order chi connectivity index (χ0) is 13.3. The second-order valence-corrected chi connectivity index (χ2v) is 5.48. The summed E-state index contributed by atoms with van der Waals surface area (Å²) >= 11 is 6.19. The molecule has 1 fully saturated rings. The van der Waals surface area contributed by atoms with Gasteiger partial charge in [-0.05, 0) is 44.5 Å². The average Bonchev–Trinajstić information content (AvgIpc) is 2.36. The van der Waals surface area contributed by atoms with Crippen molar-refractivity contribution in [1.82, 2.24) is 5.32 Å². The molecule has 2 nitrogen and oxygen atoms in total. The summed E-state index contributed by atoms with van der Waals surface area (Å²) in [5, 5.41) is 3.97. The van der Waals surface area contributed by atoms with Crippen LogP contribution in [-0.2, 0) is 0 Å². The van der Waals surface area contributed by atoms with Gasteiger partial charge >= 0.3 is 0 Å². The Kier molecular flexibility index (Phi) is 4.13. The number of hydrogen-bond donors (Lipinski definition) is 1. The fraction of sp³-hybridized carbons (Fsp3) is 0.571. The monoisotopic (exact) mass is 270 g/mol. The van der Waals surface area contributed by atoms with Crippen LogP contribution in [0.15, 0.2) is 18.2 Å². The second-order valence-electron chi connectivity index (χ2n) is 5.07. The molecule has 1 aliphatic rings. The molecule has 1 saturated heterocycles. The molecular weight excluding hydrogens is 251 g/mol. The first-order valence-corrected chi connectivity index (χ1v) is 6.81. The molecule has 0 saturated carbocycles. The molecule has 18 heavy (non-hydrogen) atoms. The third-order valence-corrected chi connectivity index (χ3v) is 4.48. The summed E-state index contributed by atoms with van der Waals surface area (Å²) in [6, 6.07) is 5.43. The standard InChI is InChI=1S/C14H20ClFN2/c1-9-10(2)18(7-6-13(9)17-3)14-8-11(16)4-5-12(14)15/h4-5,8-10,13,17H,6-7H2,1-3H3. The van der Waals surface area contributed by atoms with Crippen molar-refractivity contribution in [2.75, 3.05) is 18.5 Å². The van der Waals surface area contributed by atoms with Crippen LogP contribution in [-0.4, -0.2) is 25.7 Å². The van der Waals surface area contributed by atoms with Crippen LogP contribution in [0.4, 0.5) is 10.1 Å². The van der Waals surface area contributed by atoms with E-state index in [1.54, 1.807) is 6.07 Å². The van der Waals surface area contributed by atoms with Gasteiger partial charge in [0.15, 0.2) is 0 Å². The molecule has 2 rings (SSSR count). The Bertz CT molecular complexity index is 424. The quantitative estimate of drug-likeness (QED) is 0.887. The van der Waals surface area contributed by atoms with E-state index in [1.165, 1.54) is 12.1 Å². The summed E-state index contributed by atoms with van der Waals surface area (Å²) in [6.07, 6.45) is 1.05. The Balaban J connectivity index is 2.26. The summed E-state index contributed by atoms with van der Waals surface area (Å²) in [5.41, 5.74) is 0.811. The molecule has 1 aromatic rings. The number of piperidine rings is 1. The minimum Gasteiger partial charge on any atom is -0.367 e. The molecule has 1 aromatic carbocycles. The van der Waals surface area contributed by atoms with Crippen molar-refractivity contribution in [2.24, 2.45) is 5.92 Å². The van der Waals surface area contributed by atoms with Crippen LogP contribution < -0.4 is 10.2 Å². The van der Waals surface area contributed by atoms with Crippen molar-refractivity contribution < 1.29 is 4.39 Å². The normalized spacial score (nSPS) is 28.5. The maximum atomic E-state index is 13.4. The molecule has 0 aliphatic carbocycles. The van der Waals surface area contributed by atoms with Gasteiger partial charge in [-0.15, -0.1) is 0 Å². The van der Waals surface area contributed by atoms with Crippen LogP contribution in [0.25, 0.3) is 0 Å². The lowest BCUT2D eigenvalue weighted by atomic mass is 9.87. The van der Waals surface area contributed by atoms with Gasteiger partial charge in [0.2, 0.25) is 0 Å². The van der Waals surface area contributed by atoms with Crippen molar-refractivity contribution in [3.8, 4) is 0 Å². The Morgan fingerprint density at radius 2 is 2.11 bits per heavy atom. The fourth-order valence-corrected chi connectivity index (χ4v) is 3.04. The lowest BCUT2D eigenvalue weighted by molar-refractivity contribution is 0.282. The molecular formula is C14H20ClFN2. The van der Waals surface area contributed by atoms with E-state index in [0.717, 1.165) is 18.7 Å². The topological polar surface area (TPSA) is 15.3 Å². The number of halogens is 2. The van der Waals surface area contributed by atoms with Gasteiger partial charge in [-0.25, -0.2) is 4.39 Å². The van der Waals surface area contributed by atoms with E-state index >= 15 is 0 Å². The third-order valence-electron chi connectivity index (χ3n) is 4.16. The first-order valence-electron chi connectivity index (χ1n) is 6.43. The van der Waals surface area contributed by atoms with E-state index < -0.39 is 0 Å². The van der Waals surface area contributed by atoms with Crippen LogP contribution in [0.5, 0.6) is 0 Å². The Labute approximate surface area is 113 Å². The molecule has 3 unspecified atom stereocenters. The van der Waals surface area contributed by atoms with Gasteiger partial charge < -0.3 is 10.2 Å². The SMILES string of the molecule is CNC1CCN(c2cc(F)ccc2Cl)C(C)C1C. The first-order chi connectivity index (χ1) is 8.54. The molecule has 0 radical (unpaired) electrons. The van der Waals surface area contributed by atoms with Gasteiger partial charge in [0.25, 0.3) is 0 Å². The zero-order valence-electron chi connectivity index (χ0n) is 11.1. The number of benzene rings is 1. The number of rotatable bonds is 2. The van der Waals surface area contributed by atoms with Crippen molar-refractivity contribution in [1.29, 1.82) is 0 Å². The van der Waals surface area contributed by atoms with Crippen molar-refractivity contribution in [3.63, 3.8) is 0 Å². The van der Waals surface area contributed by atoms with Crippen molar-refractivity contribution >= 4 is 17.3 Å². The summed E-state index contributed by atoms with van der Waals surface area (Å²) in [7, 11) is 2.00. The zero-order valence-corrected chi connectivity index (χ0v) is 11.8. The molecule has 100 valence electrons. The molecule has 0 aromatic heterocycles. The fourth-order valence-electron chi connectivity index (χ4n) is 2.82. The highest BCUT2D eigenvalue weighted by atomic mass is 35.5. The minimum atomic E-state index is -0.231. The van der Waals surface area contributed by atoms with E-state index in [2.05, 4.69) is 24.1 Å². The number of nitrogens with one attached hydrogen (secondary N) is 1. The van der Waals surface area contributed by atoms with Crippen LogP contribution in [0.3, 0.4) is 0 Å². The highest BCUT2D eigenvalue weighted by molar-refractivity contribution is 6.33. The highest BCUT2D eigenvalue weighted by Gasteiger charge is 2.32. The summed E-state index contributed by atoms with van der Waals surface area (Å²) in [6.45, 7) is 5.31. The largest absolute Gasteiger partial charge is 0.367 e. The van der Waals surface area contributed by atoms with Gasteiger partial charge in [0, 0.05) is 18.6 Å². The number of hydrogen-bond acceptors (Lipinski definition) is 2. The lowest BCUT2D eigenvalue weighted by Gasteiger charge is -2.44. The first kappa shape index (κ1) is 13.6. The van der Waals surface area contributed by atoms with Gasteiger partial charge in [0.05, 0.1) is 10.7 Å². The average molecular weight is 271 g/mol. The minimum absolute atomic E-state index is 0.231. The van der Waals surface area contributed by atoms with Gasteiger partial charge in [-0.3, -0.25) is 0 Å². The maximum Gasteiger partial charge on any atom is 0.125 e. The van der Waals surface area contributed by atoms with Crippen molar-refractivity contribution in [2.45, 2.75) is 32.4 Å². The number of nitrogens with zero attached hydrogens (tertiary/aromatic N) is 1. The molecule has 0 spiro atoms. The lowest BCUT2D eigenvalue weighted by Crippen LogP contribution is -2.52. The van der Waals surface area contributed by atoms with Crippen LogP contribution >= 0.6 is 11.6 Å². The maximum absolute atomic E-state index is 13.4. The molecule has 0 bridgehead atoms. The Hall–Kier alpha value is -0.800. The molecule has 4 heteroatoms. The van der Waals surface area contributed by atoms with Crippen LogP contribution in [0.1, 0.15) is 20.3 Å². The van der Waals surface area contributed by atoms with Gasteiger partial charge in [-0.2, -0.15) is 0 Å². The van der Waals surface area contributed by atoms with Crippen molar-refractivity contribution in [3.05, 3.63) is 29.0 Å². The summed E-state index contributed by atoms with van der Waals surface area (Å²) in [4.78, 5) is 2.21. The predicted octanol–water partition coefficient (Wildman–Crippen LogP) is 3.30. The van der Waals surface area contributed by atoms with Crippen LogP contribution in [0.2, 0.25) is 5.02 Å².